The molecular formula is C11H15NO3. The van der Waals surface area contributed by atoms with Crippen molar-refractivity contribution in [3.8, 4) is 0 Å². The summed E-state index contributed by atoms with van der Waals surface area (Å²) < 4.78 is 3.97. The fourth-order valence-electron chi connectivity index (χ4n) is 0.769. The molecule has 0 aromatic heterocycles. The van der Waals surface area contributed by atoms with Crippen LogP contribution in [0.3, 0.4) is 0 Å². The summed E-state index contributed by atoms with van der Waals surface area (Å²) in [5.74, 6) is -1.12. The summed E-state index contributed by atoms with van der Waals surface area (Å²) in [6, 6.07) is 7.79. The van der Waals surface area contributed by atoms with E-state index in [0.29, 0.717) is 0 Å². The maximum atomic E-state index is 9.81. The number of carbonyl (C=O) groups excluding carboxylic acids is 2. The van der Waals surface area contributed by atoms with Gasteiger partial charge in [0.15, 0.2) is 0 Å². The lowest BCUT2D eigenvalue weighted by Crippen LogP contribution is -2.03. The highest BCUT2D eigenvalue weighted by atomic mass is 16.6. The van der Waals surface area contributed by atoms with Crippen molar-refractivity contribution in [1.82, 2.24) is 0 Å². The van der Waals surface area contributed by atoms with Crippen molar-refractivity contribution in [3.63, 3.8) is 0 Å². The minimum atomic E-state index is -0.562. The lowest BCUT2D eigenvalue weighted by atomic mass is 10.2. The highest BCUT2D eigenvalue weighted by Crippen LogP contribution is 2.02. The number of esters is 2. The number of aryl methyl sites for hydroxylation is 1. The van der Waals surface area contributed by atoms with Crippen LogP contribution in [0.4, 0.5) is 5.69 Å². The van der Waals surface area contributed by atoms with Crippen LogP contribution in [0.1, 0.15) is 19.4 Å². The van der Waals surface area contributed by atoms with E-state index >= 15 is 0 Å². The molecule has 4 heteroatoms. The Hall–Kier alpha value is -1.84. The van der Waals surface area contributed by atoms with E-state index in [9.17, 15) is 9.59 Å². The van der Waals surface area contributed by atoms with Crippen LogP contribution in [0.2, 0.25) is 0 Å². The summed E-state index contributed by atoms with van der Waals surface area (Å²) in [6.07, 6.45) is 0. The van der Waals surface area contributed by atoms with Crippen LogP contribution in [0.25, 0.3) is 0 Å². The molecule has 0 saturated carbocycles. The van der Waals surface area contributed by atoms with Crippen LogP contribution in [-0.4, -0.2) is 11.9 Å². The topological polar surface area (TPSA) is 69.4 Å². The normalized spacial score (nSPS) is 8.47. The highest BCUT2D eigenvalue weighted by molar-refractivity contribution is 5.82. The van der Waals surface area contributed by atoms with Gasteiger partial charge in [0.2, 0.25) is 0 Å². The first-order chi connectivity index (χ1) is 6.91. The van der Waals surface area contributed by atoms with Crippen molar-refractivity contribution in [2.24, 2.45) is 0 Å². The fourth-order valence-corrected chi connectivity index (χ4v) is 0.769. The van der Waals surface area contributed by atoms with E-state index in [-0.39, 0.29) is 0 Å². The maximum Gasteiger partial charge on any atom is 0.310 e. The molecule has 0 heterocycles. The SMILES string of the molecule is CC(=O)OC(C)=O.Cc1ccc(N)cc1. The Kier molecular flexibility index (Phi) is 5.78. The van der Waals surface area contributed by atoms with Crippen molar-refractivity contribution in [1.29, 1.82) is 0 Å². The van der Waals surface area contributed by atoms with E-state index < -0.39 is 11.9 Å². The molecule has 0 aliphatic heterocycles. The molecule has 0 radical (unpaired) electrons. The number of ether oxygens (including phenoxy) is 1. The van der Waals surface area contributed by atoms with Crippen LogP contribution >= 0.6 is 0 Å². The number of hydrogen-bond donors (Lipinski definition) is 1. The zero-order chi connectivity index (χ0) is 11.8. The molecule has 82 valence electrons. The van der Waals surface area contributed by atoms with Crippen LogP contribution in [0.15, 0.2) is 24.3 Å². The lowest BCUT2D eigenvalue weighted by Gasteiger charge is -1.90. The van der Waals surface area contributed by atoms with Gasteiger partial charge in [0.05, 0.1) is 0 Å². The van der Waals surface area contributed by atoms with Gasteiger partial charge in [-0.1, -0.05) is 17.7 Å². The molecule has 2 N–H and O–H groups in total. The molecular weight excluding hydrogens is 194 g/mol. The van der Waals surface area contributed by atoms with Crippen molar-refractivity contribution in [2.75, 3.05) is 5.73 Å². The lowest BCUT2D eigenvalue weighted by molar-refractivity contribution is -0.156. The molecule has 1 aromatic carbocycles. The number of nitrogen functional groups attached to an aromatic ring is 1. The van der Waals surface area contributed by atoms with E-state index in [0.717, 1.165) is 5.69 Å². The predicted molar refractivity (Wildman–Crippen MR) is 58.0 cm³/mol. The van der Waals surface area contributed by atoms with E-state index in [1.807, 2.05) is 31.2 Å². The first kappa shape index (κ1) is 13.2. The molecule has 1 rings (SSSR count). The van der Waals surface area contributed by atoms with Gasteiger partial charge in [0.1, 0.15) is 0 Å². The molecule has 0 unspecified atom stereocenters. The summed E-state index contributed by atoms with van der Waals surface area (Å²) in [4.78, 5) is 19.6. The summed E-state index contributed by atoms with van der Waals surface area (Å²) in [6.45, 7) is 4.40. The van der Waals surface area contributed by atoms with Crippen molar-refractivity contribution >= 4 is 17.6 Å². The standard InChI is InChI=1S/C7H9N.C4H6O3/c1-6-2-4-7(8)5-3-6;1-3(5)7-4(2)6/h2-5H,8H2,1H3;1-2H3. The second-order valence-electron chi connectivity index (χ2n) is 3.00. The highest BCUT2D eigenvalue weighted by Gasteiger charge is 1.93. The number of benzene rings is 1. The Balaban J connectivity index is 0.000000265. The minimum absolute atomic E-state index is 0.562. The van der Waals surface area contributed by atoms with Gasteiger partial charge in [-0.2, -0.15) is 0 Å². The third-order valence-corrected chi connectivity index (χ3v) is 1.36. The van der Waals surface area contributed by atoms with E-state index in [1.165, 1.54) is 19.4 Å². The summed E-state index contributed by atoms with van der Waals surface area (Å²) in [7, 11) is 0. The first-order valence-electron chi connectivity index (χ1n) is 4.43. The molecule has 0 saturated heterocycles. The number of nitrogens with two attached hydrogens (primary N) is 1. The zero-order valence-electron chi connectivity index (χ0n) is 9.11. The van der Waals surface area contributed by atoms with Crippen LogP contribution in [0.5, 0.6) is 0 Å². The first-order valence-corrected chi connectivity index (χ1v) is 4.43. The molecule has 15 heavy (non-hydrogen) atoms. The molecule has 0 fully saturated rings. The van der Waals surface area contributed by atoms with E-state index in [4.69, 9.17) is 5.73 Å². The average Bonchev–Trinajstić information content (AvgIpc) is 2.09. The van der Waals surface area contributed by atoms with Gasteiger partial charge in [-0.25, -0.2) is 0 Å². The van der Waals surface area contributed by atoms with E-state index in [1.54, 1.807) is 0 Å². The van der Waals surface area contributed by atoms with Crippen molar-refractivity contribution < 1.29 is 14.3 Å². The second-order valence-corrected chi connectivity index (χ2v) is 3.00. The van der Waals surface area contributed by atoms with Gasteiger partial charge in [0, 0.05) is 19.5 Å². The van der Waals surface area contributed by atoms with Crippen LogP contribution in [-0.2, 0) is 14.3 Å². The number of rotatable bonds is 0. The van der Waals surface area contributed by atoms with Gasteiger partial charge in [0.25, 0.3) is 0 Å². The Morgan fingerprint density at radius 1 is 1.07 bits per heavy atom. The Morgan fingerprint density at radius 2 is 1.47 bits per heavy atom. The number of anilines is 1. The fraction of sp³-hybridized carbons (Fsp3) is 0.273. The molecule has 0 aliphatic rings. The largest absolute Gasteiger partial charge is 0.399 e. The smallest absolute Gasteiger partial charge is 0.310 e. The summed E-state index contributed by atoms with van der Waals surface area (Å²) >= 11 is 0. The third kappa shape index (κ3) is 8.49. The number of carbonyl (C=O) groups is 2. The summed E-state index contributed by atoms with van der Waals surface area (Å²) in [5.41, 5.74) is 7.51. The van der Waals surface area contributed by atoms with Crippen LogP contribution in [0, 0.1) is 6.92 Å². The van der Waals surface area contributed by atoms with Crippen molar-refractivity contribution in [2.45, 2.75) is 20.8 Å². The minimum Gasteiger partial charge on any atom is -0.399 e. The maximum absolute atomic E-state index is 9.81. The van der Waals surface area contributed by atoms with Gasteiger partial charge in [-0.3, -0.25) is 9.59 Å². The zero-order valence-corrected chi connectivity index (χ0v) is 9.11. The second kappa shape index (κ2) is 6.59. The monoisotopic (exact) mass is 209 g/mol. The number of hydrogen-bond acceptors (Lipinski definition) is 4. The quantitative estimate of drug-likeness (QED) is 0.401. The molecule has 1 aromatic rings. The third-order valence-electron chi connectivity index (χ3n) is 1.36. The predicted octanol–water partition coefficient (Wildman–Crippen LogP) is 1.67. The molecule has 0 aliphatic carbocycles. The Morgan fingerprint density at radius 3 is 1.67 bits per heavy atom. The molecule has 0 bridgehead atoms. The summed E-state index contributed by atoms with van der Waals surface area (Å²) in [5, 5.41) is 0. The van der Waals surface area contributed by atoms with Gasteiger partial charge >= 0.3 is 11.9 Å². The Labute approximate surface area is 89.0 Å². The van der Waals surface area contributed by atoms with Gasteiger partial charge in [-0.15, -0.1) is 0 Å². The molecule has 0 spiro atoms. The van der Waals surface area contributed by atoms with E-state index in [2.05, 4.69) is 4.74 Å². The van der Waals surface area contributed by atoms with Crippen LogP contribution < -0.4 is 5.73 Å². The van der Waals surface area contributed by atoms with Gasteiger partial charge < -0.3 is 10.5 Å². The molecule has 0 amide bonds. The molecule has 4 nitrogen and oxygen atoms in total. The Bertz CT molecular complexity index is 297. The van der Waals surface area contributed by atoms with Gasteiger partial charge in [-0.05, 0) is 19.1 Å². The average molecular weight is 209 g/mol. The van der Waals surface area contributed by atoms with Crippen molar-refractivity contribution in [3.05, 3.63) is 29.8 Å². The molecule has 0 atom stereocenters.